The predicted octanol–water partition coefficient (Wildman–Crippen LogP) is 4.75. The van der Waals surface area contributed by atoms with Gasteiger partial charge in [-0.05, 0) is 24.3 Å². The number of halogens is 2. The highest BCUT2D eigenvalue weighted by Crippen LogP contribution is 2.38. The van der Waals surface area contributed by atoms with Gasteiger partial charge in [-0.2, -0.15) is 0 Å². The van der Waals surface area contributed by atoms with Crippen molar-refractivity contribution in [1.82, 2.24) is 4.90 Å². The van der Waals surface area contributed by atoms with E-state index in [1.165, 1.54) is 0 Å². The largest absolute Gasteiger partial charge is 0.361 e. The molecular weight excluding hydrogens is 319 g/mol. The summed E-state index contributed by atoms with van der Waals surface area (Å²) in [5.41, 5.74) is 2.09. The fourth-order valence-electron chi connectivity index (χ4n) is 2.62. The van der Waals surface area contributed by atoms with Gasteiger partial charge in [-0.1, -0.05) is 47.5 Å². The van der Waals surface area contributed by atoms with Gasteiger partial charge in [0, 0.05) is 27.8 Å². The van der Waals surface area contributed by atoms with Crippen molar-refractivity contribution >= 4 is 34.8 Å². The summed E-state index contributed by atoms with van der Waals surface area (Å²) in [6, 6.07) is 12.7. The van der Waals surface area contributed by atoms with Gasteiger partial charge in [0.2, 0.25) is 0 Å². The molecule has 1 unspecified atom stereocenters. The van der Waals surface area contributed by atoms with Crippen LogP contribution in [0.4, 0.5) is 5.69 Å². The molecule has 0 radical (unpaired) electrons. The first-order valence-corrected chi connectivity index (χ1v) is 7.60. The Hall–Kier alpha value is -1.97. The Balaban J connectivity index is 2.14. The van der Waals surface area contributed by atoms with Crippen LogP contribution in [0.5, 0.6) is 0 Å². The number of nitrogens with zero attached hydrogens (tertiary/aromatic N) is 1. The van der Waals surface area contributed by atoms with Crippen molar-refractivity contribution in [2.75, 3.05) is 11.9 Å². The lowest BCUT2D eigenvalue weighted by Gasteiger charge is -2.38. The van der Waals surface area contributed by atoms with Crippen molar-refractivity contribution in [1.29, 1.82) is 0 Å². The number of carbonyl (C=O) groups is 1. The number of carbonyl (C=O) groups excluding carboxylic acids is 1. The van der Waals surface area contributed by atoms with Gasteiger partial charge in [0.05, 0.1) is 5.56 Å². The molecular formula is C17H14Cl2N2O. The van der Waals surface area contributed by atoms with Gasteiger partial charge < -0.3 is 10.2 Å². The number of hydrogen-bond donors (Lipinski definition) is 1. The molecule has 2 aromatic carbocycles. The van der Waals surface area contributed by atoms with Gasteiger partial charge in [-0.25, -0.2) is 0 Å². The maximum absolute atomic E-state index is 12.8. The Kier molecular flexibility index (Phi) is 4.10. The SMILES string of the molecule is C=CCN1C(=O)c2ccccc2NC1c1c(Cl)cccc1Cl. The lowest BCUT2D eigenvalue weighted by atomic mass is 10.0. The van der Waals surface area contributed by atoms with E-state index < -0.39 is 6.17 Å². The number of nitrogens with one attached hydrogen (secondary N) is 1. The second-order valence-corrected chi connectivity index (χ2v) is 5.79. The number of amides is 1. The molecule has 22 heavy (non-hydrogen) atoms. The van der Waals surface area contributed by atoms with Gasteiger partial charge in [0.15, 0.2) is 0 Å². The van der Waals surface area contributed by atoms with E-state index in [1.54, 1.807) is 35.2 Å². The molecule has 0 saturated heterocycles. The maximum Gasteiger partial charge on any atom is 0.258 e. The highest BCUT2D eigenvalue weighted by molar-refractivity contribution is 6.36. The lowest BCUT2D eigenvalue weighted by molar-refractivity contribution is 0.0708. The van der Waals surface area contributed by atoms with Crippen LogP contribution in [0.15, 0.2) is 55.1 Å². The van der Waals surface area contributed by atoms with Crippen molar-refractivity contribution in [3.8, 4) is 0 Å². The van der Waals surface area contributed by atoms with E-state index in [9.17, 15) is 4.79 Å². The predicted molar refractivity (Wildman–Crippen MR) is 90.5 cm³/mol. The molecule has 1 amide bonds. The van der Waals surface area contributed by atoms with E-state index in [1.807, 2.05) is 18.2 Å². The second-order valence-electron chi connectivity index (χ2n) is 4.97. The van der Waals surface area contributed by atoms with E-state index in [0.29, 0.717) is 27.7 Å². The van der Waals surface area contributed by atoms with Crippen molar-refractivity contribution in [2.45, 2.75) is 6.17 Å². The third kappa shape index (κ3) is 2.47. The van der Waals surface area contributed by atoms with Crippen LogP contribution in [-0.2, 0) is 0 Å². The summed E-state index contributed by atoms with van der Waals surface area (Å²) in [5.74, 6) is -0.0739. The van der Waals surface area contributed by atoms with Crippen LogP contribution in [0.3, 0.4) is 0 Å². The molecule has 5 heteroatoms. The van der Waals surface area contributed by atoms with E-state index >= 15 is 0 Å². The molecule has 0 saturated carbocycles. The minimum absolute atomic E-state index is 0.0739. The summed E-state index contributed by atoms with van der Waals surface area (Å²) < 4.78 is 0. The first-order chi connectivity index (χ1) is 10.6. The molecule has 2 aromatic rings. The Morgan fingerprint density at radius 2 is 1.82 bits per heavy atom. The Morgan fingerprint density at radius 3 is 2.50 bits per heavy atom. The summed E-state index contributed by atoms with van der Waals surface area (Å²) in [6.07, 6.45) is 1.26. The summed E-state index contributed by atoms with van der Waals surface area (Å²) >= 11 is 12.6. The summed E-state index contributed by atoms with van der Waals surface area (Å²) in [4.78, 5) is 14.4. The topological polar surface area (TPSA) is 32.3 Å². The maximum atomic E-state index is 12.8. The van der Waals surface area contributed by atoms with Gasteiger partial charge >= 0.3 is 0 Å². The van der Waals surface area contributed by atoms with Crippen LogP contribution in [0.1, 0.15) is 22.1 Å². The van der Waals surface area contributed by atoms with Gasteiger partial charge in [-0.15, -0.1) is 6.58 Å². The van der Waals surface area contributed by atoms with Crippen LogP contribution in [-0.4, -0.2) is 17.4 Å². The van der Waals surface area contributed by atoms with E-state index in [-0.39, 0.29) is 5.91 Å². The van der Waals surface area contributed by atoms with E-state index in [0.717, 1.165) is 5.69 Å². The Morgan fingerprint density at radius 1 is 1.14 bits per heavy atom. The summed E-state index contributed by atoms with van der Waals surface area (Å²) in [7, 11) is 0. The quantitative estimate of drug-likeness (QED) is 0.823. The molecule has 1 heterocycles. The number of fused-ring (bicyclic) bond motifs is 1. The van der Waals surface area contributed by atoms with Crippen LogP contribution >= 0.6 is 23.2 Å². The van der Waals surface area contributed by atoms with Crippen LogP contribution in [0.2, 0.25) is 10.0 Å². The molecule has 1 N–H and O–H groups in total. The van der Waals surface area contributed by atoms with Crippen LogP contribution in [0, 0.1) is 0 Å². The number of hydrogen-bond acceptors (Lipinski definition) is 2. The zero-order valence-corrected chi connectivity index (χ0v) is 13.2. The van der Waals surface area contributed by atoms with Crippen molar-refractivity contribution in [2.24, 2.45) is 0 Å². The monoisotopic (exact) mass is 332 g/mol. The molecule has 0 bridgehead atoms. The molecule has 1 aliphatic heterocycles. The highest BCUT2D eigenvalue weighted by atomic mass is 35.5. The highest BCUT2D eigenvalue weighted by Gasteiger charge is 2.34. The second kappa shape index (κ2) is 6.03. The number of rotatable bonds is 3. The standard InChI is InChI=1S/C17H14Cl2N2O/c1-2-10-21-16(15-12(18)7-5-8-13(15)19)20-14-9-4-3-6-11(14)17(21)22/h2-9,16,20H,1,10H2. The molecule has 1 atom stereocenters. The molecule has 0 aromatic heterocycles. The number of para-hydroxylation sites is 1. The van der Waals surface area contributed by atoms with Crippen LogP contribution in [0.25, 0.3) is 0 Å². The molecule has 3 nitrogen and oxygen atoms in total. The van der Waals surface area contributed by atoms with Crippen molar-refractivity contribution in [3.05, 3.63) is 76.3 Å². The Labute approximate surface area is 139 Å². The van der Waals surface area contributed by atoms with Crippen LogP contribution < -0.4 is 5.32 Å². The molecule has 112 valence electrons. The molecule has 0 aliphatic carbocycles. The minimum atomic E-state index is -0.429. The average Bonchev–Trinajstić information content (AvgIpc) is 2.51. The number of anilines is 1. The number of benzene rings is 2. The van der Waals surface area contributed by atoms with Gasteiger partial charge in [-0.3, -0.25) is 4.79 Å². The Bertz CT molecular complexity index is 725. The summed E-state index contributed by atoms with van der Waals surface area (Å²) in [5, 5.41) is 4.39. The van der Waals surface area contributed by atoms with Crippen molar-refractivity contribution in [3.63, 3.8) is 0 Å². The zero-order valence-electron chi connectivity index (χ0n) is 11.7. The summed E-state index contributed by atoms with van der Waals surface area (Å²) in [6.45, 7) is 4.13. The molecule has 3 rings (SSSR count). The third-order valence-electron chi connectivity index (χ3n) is 3.62. The average molecular weight is 333 g/mol. The molecule has 0 spiro atoms. The van der Waals surface area contributed by atoms with Gasteiger partial charge in [0.1, 0.15) is 6.17 Å². The minimum Gasteiger partial charge on any atom is -0.361 e. The van der Waals surface area contributed by atoms with Crippen molar-refractivity contribution < 1.29 is 4.79 Å². The normalized spacial score (nSPS) is 16.9. The smallest absolute Gasteiger partial charge is 0.258 e. The first kappa shape index (κ1) is 14.9. The molecule has 1 aliphatic rings. The fourth-order valence-corrected chi connectivity index (χ4v) is 3.22. The third-order valence-corrected chi connectivity index (χ3v) is 4.28. The van der Waals surface area contributed by atoms with Gasteiger partial charge in [0.25, 0.3) is 5.91 Å². The lowest BCUT2D eigenvalue weighted by Crippen LogP contribution is -2.43. The fraction of sp³-hybridized carbons (Fsp3) is 0.118. The van der Waals surface area contributed by atoms with E-state index in [2.05, 4.69) is 11.9 Å². The first-order valence-electron chi connectivity index (χ1n) is 6.85. The van der Waals surface area contributed by atoms with E-state index in [4.69, 9.17) is 23.2 Å². The zero-order chi connectivity index (χ0) is 15.7. The molecule has 0 fully saturated rings.